The Balaban J connectivity index is 0.00000209. The Morgan fingerprint density at radius 1 is 0.812 bits per heavy atom. The molecule has 11 heteroatoms. The fourth-order valence-corrected chi connectivity index (χ4v) is 4.87. The first-order valence-electron chi connectivity index (χ1n) is 17.0. The summed E-state index contributed by atoms with van der Waals surface area (Å²) in [5.41, 5.74) is -1.29. The number of rotatable bonds is 23. The zero-order chi connectivity index (χ0) is 36.4. The molecule has 0 saturated heterocycles. The number of allylic oxidation sites excluding steroid dienone is 1. The maximum absolute atomic E-state index is 13.1. The molecule has 0 bridgehead atoms. The number of aryl methyl sites for hydroxylation is 1. The van der Waals surface area contributed by atoms with E-state index >= 15 is 0 Å². The largest absolute Gasteiger partial charge is 0.497 e. The Morgan fingerprint density at radius 2 is 1.40 bits per heavy atom. The third-order valence-electron chi connectivity index (χ3n) is 7.91. The normalized spacial score (nSPS) is 13.2. The number of nitrogens with one attached hydrogen (secondary N) is 1. The van der Waals surface area contributed by atoms with Crippen molar-refractivity contribution in [1.82, 2.24) is 5.32 Å². The van der Waals surface area contributed by atoms with Crippen molar-refractivity contribution in [3.05, 3.63) is 42.0 Å². The van der Waals surface area contributed by atoms with Crippen LogP contribution < -0.4 is 10.1 Å². The number of ether oxygens (including phenoxy) is 4. The fraction of sp³-hybridized carbons (Fsp3) is 0.649. The summed E-state index contributed by atoms with van der Waals surface area (Å²) < 4.78 is 19.0. The van der Waals surface area contributed by atoms with Gasteiger partial charge in [0, 0.05) is 12.8 Å². The van der Waals surface area contributed by atoms with Gasteiger partial charge < -0.3 is 29.4 Å². The molecule has 0 aromatic heterocycles. The number of aliphatic hydroxyl groups is 1. The van der Waals surface area contributed by atoms with Gasteiger partial charge in [0.25, 0.3) is 0 Å². The van der Waals surface area contributed by atoms with E-state index in [9.17, 15) is 29.1 Å². The first-order valence-corrected chi connectivity index (χ1v) is 17.0. The van der Waals surface area contributed by atoms with Crippen molar-refractivity contribution in [2.75, 3.05) is 28.4 Å². The van der Waals surface area contributed by atoms with E-state index in [1.165, 1.54) is 38.0 Å². The molecule has 0 radical (unpaired) electrons. The van der Waals surface area contributed by atoms with E-state index < -0.39 is 47.8 Å². The lowest BCUT2D eigenvalue weighted by molar-refractivity contribution is -0.176. The van der Waals surface area contributed by atoms with Crippen LogP contribution in [0.4, 0.5) is 0 Å². The Morgan fingerprint density at radius 3 is 1.90 bits per heavy atom. The number of hydrogen-bond donors (Lipinski definition) is 2. The molecule has 0 saturated carbocycles. The number of esters is 3. The van der Waals surface area contributed by atoms with Gasteiger partial charge in [-0.1, -0.05) is 82.2 Å². The zero-order valence-corrected chi connectivity index (χ0v) is 30.1. The SMILES string of the molecule is CCCCCCCC(=O)CCCCCC/C=C\C(C(=O)NC(CC)C(=O)OC)C(O)(CC(=O)OC)C(=O)OC.COc1ccc(C)cc1. The molecule has 3 unspecified atom stereocenters. The first kappa shape index (κ1) is 44.3. The molecular formula is C37H59NO10. The van der Waals surface area contributed by atoms with Gasteiger partial charge in [0.05, 0.1) is 40.8 Å². The quantitative estimate of drug-likeness (QED) is 0.0613. The lowest BCUT2D eigenvalue weighted by atomic mass is 9.82. The lowest BCUT2D eigenvalue weighted by Crippen LogP contribution is -2.55. The predicted molar refractivity (Wildman–Crippen MR) is 184 cm³/mol. The minimum absolute atomic E-state index is 0.212. The molecular weight excluding hydrogens is 618 g/mol. The Bertz CT molecular complexity index is 1120. The van der Waals surface area contributed by atoms with E-state index in [1.807, 2.05) is 24.3 Å². The van der Waals surface area contributed by atoms with Crippen molar-refractivity contribution in [2.45, 2.75) is 122 Å². The van der Waals surface area contributed by atoms with Crippen LogP contribution in [0.15, 0.2) is 36.4 Å². The van der Waals surface area contributed by atoms with E-state index in [0.29, 0.717) is 25.0 Å². The van der Waals surface area contributed by atoms with Crippen LogP contribution in [-0.2, 0) is 38.2 Å². The van der Waals surface area contributed by atoms with Crippen LogP contribution in [0.25, 0.3) is 0 Å². The van der Waals surface area contributed by atoms with Crippen molar-refractivity contribution in [3.63, 3.8) is 0 Å². The van der Waals surface area contributed by atoms with Crippen LogP contribution in [0.1, 0.15) is 109 Å². The van der Waals surface area contributed by atoms with Gasteiger partial charge in [0.1, 0.15) is 17.6 Å². The summed E-state index contributed by atoms with van der Waals surface area (Å²) in [5, 5.41) is 13.7. The average Bonchev–Trinajstić information content (AvgIpc) is 3.09. The van der Waals surface area contributed by atoms with Gasteiger partial charge in [0.15, 0.2) is 5.60 Å². The van der Waals surface area contributed by atoms with Gasteiger partial charge in [-0.25, -0.2) is 9.59 Å². The highest BCUT2D eigenvalue weighted by Gasteiger charge is 2.50. The number of Topliss-reactive ketones (excluding diaryl/α,β-unsaturated/α-hetero) is 1. The standard InChI is InChI=1S/C29H49NO9.C8H10O/c1-6-8-9-12-15-18-22(31)19-16-13-10-11-14-17-20-23(26(33)30-24(7-2)27(34)38-4)29(36,28(35)39-5)21-25(32)37-3;1-7-3-5-8(9-2)6-4-7/h17,20,23-24,36H,6-16,18-19,21H2,1-5H3,(H,30,33);3-6H,1-2H3/b20-17-;. The summed E-state index contributed by atoms with van der Waals surface area (Å²) in [7, 11) is 4.98. The molecule has 1 rings (SSSR count). The first-order chi connectivity index (χ1) is 22.9. The van der Waals surface area contributed by atoms with Gasteiger partial charge in [-0.05, 0) is 51.2 Å². The van der Waals surface area contributed by atoms with E-state index in [-0.39, 0.29) is 6.42 Å². The monoisotopic (exact) mass is 677 g/mol. The van der Waals surface area contributed by atoms with E-state index in [4.69, 9.17) is 14.2 Å². The van der Waals surface area contributed by atoms with Crippen LogP contribution in [0.2, 0.25) is 0 Å². The molecule has 0 aliphatic carbocycles. The summed E-state index contributed by atoms with van der Waals surface area (Å²) in [6.45, 7) is 5.88. The topological polar surface area (TPSA) is 155 Å². The number of amides is 1. The van der Waals surface area contributed by atoms with E-state index in [0.717, 1.165) is 58.5 Å². The molecule has 1 aromatic carbocycles. The number of unbranched alkanes of at least 4 members (excludes halogenated alkanes) is 8. The Labute approximate surface area is 287 Å². The molecule has 0 fully saturated rings. The highest BCUT2D eigenvalue weighted by Crippen LogP contribution is 2.27. The Kier molecular flexibility index (Phi) is 24.2. The predicted octanol–water partition coefficient (Wildman–Crippen LogP) is 5.97. The number of carbonyl (C=O) groups is 5. The maximum Gasteiger partial charge on any atom is 0.339 e. The molecule has 3 atom stereocenters. The highest BCUT2D eigenvalue weighted by atomic mass is 16.5. The van der Waals surface area contributed by atoms with Crippen LogP contribution in [0.5, 0.6) is 5.75 Å². The summed E-state index contributed by atoms with van der Waals surface area (Å²) in [6.07, 6.45) is 13.2. The maximum atomic E-state index is 13.1. The Hall–Kier alpha value is -3.73. The lowest BCUT2D eigenvalue weighted by Gasteiger charge is -2.31. The second-order valence-electron chi connectivity index (χ2n) is 11.7. The van der Waals surface area contributed by atoms with Gasteiger partial charge >= 0.3 is 17.9 Å². The second-order valence-corrected chi connectivity index (χ2v) is 11.7. The molecule has 0 aliphatic heterocycles. The van der Waals surface area contributed by atoms with Crippen molar-refractivity contribution >= 4 is 29.6 Å². The summed E-state index contributed by atoms with van der Waals surface area (Å²) >= 11 is 0. The van der Waals surface area contributed by atoms with Gasteiger partial charge in [-0.3, -0.25) is 14.4 Å². The van der Waals surface area contributed by atoms with Crippen LogP contribution in [0, 0.1) is 12.8 Å². The molecule has 0 aliphatic rings. The van der Waals surface area contributed by atoms with Crippen molar-refractivity contribution in [2.24, 2.45) is 5.92 Å². The number of methoxy groups -OCH3 is 4. The summed E-state index contributed by atoms with van der Waals surface area (Å²) in [5.74, 6) is -3.92. The summed E-state index contributed by atoms with van der Waals surface area (Å²) in [6, 6.07) is 6.96. The van der Waals surface area contributed by atoms with Crippen LogP contribution >= 0.6 is 0 Å². The van der Waals surface area contributed by atoms with Gasteiger partial charge in [0.2, 0.25) is 5.91 Å². The van der Waals surface area contributed by atoms with Crippen LogP contribution in [0.3, 0.4) is 0 Å². The molecule has 272 valence electrons. The smallest absolute Gasteiger partial charge is 0.339 e. The molecule has 1 aromatic rings. The van der Waals surface area contributed by atoms with Crippen molar-refractivity contribution in [3.8, 4) is 5.75 Å². The van der Waals surface area contributed by atoms with Crippen LogP contribution in [-0.4, -0.2) is 74.8 Å². The van der Waals surface area contributed by atoms with Gasteiger partial charge in [-0.15, -0.1) is 0 Å². The molecule has 48 heavy (non-hydrogen) atoms. The zero-order valence-electron chi connectivity index (χ0n) is 30.1. The van der Waals surface area contributed by atoms with Gasteiger partial charge in [-0.2, -0.15) is 0 Å². The number of carbonyl (C=O) groups excluding carboxylic acids is 5. The third-order valence-corrected chi connectivity index (χ3v) is 7.91. The molecule has 2 N–H and O–H groups in total. The number of ketones is 1. The molecule has 0 spiro atoms. The highest BCUT2D eigenvalue weighted by molar-refractivity contribution is 5.95. The fourth-order valence-electron chi connectivity index (χ4n) is 4.87. The average molecular weight is 678 g/mol. The second kappa shape index (κ2) is 26.3. The number of hydrogen-bond acceptors (Lipinski definition) is 10. The summed E-state index contributed by atoms with van der Waals surface area (Å²) in [4.78, 5) is 61.7. The molecule has 11 nitrogen and oxygen atoms in total. The van der Waals surface area contributed by atoms with Crippen molar-refractivity contribution in [1.29, 1.82) is 0 Å². The van der Waals surface area contributed by atoms with E-state index in [1.54, 1.807) is 20.1 Å². The number of benzene rings is 1. The third kappa shape index (κ3) is 18.0. The molecule has 0 heterocycles. The minimum atomic E-state index is -2.55. The van der Waals surface area contributed by atoms with Crippen molar-refractivity contribution < 1.29 is 48.0 Å². The molecule has 1 amide bonds. The minimum Gasteiger partial charge on any atom is -0.497 e. The van der Waals surface area contributed by atoms with E-state index in [2.05, 4.69) is 23.9 Å².